The van der Waals surface area contributed by atoms with E-state index in [0.717, 1.165) is 31.5 Å². The van der Waals surface area contributed by atoms with E-state index in [1.54, 1.807) is 24.3 Å². The second-order valence-corrected chi connectivity index (χ2v) is 7.50. The SMILES string of the molecule is CN1CCC(N(C)C(=O)/C(=C/c2ccc(Cl)cc2)c2ccc(F)cc2)CC1.Cl. The quantitative estimate of drug-likeness (QED) is 0.511. The van der Waals surface area contributed by atoms with Crippen LogP contribution < -0.4 is 0 Å². The Bertz CT molecular complexity index is 813. The molecule has 1 aliphatic heterocycles. The van der Waals surface area contributed by atoms with Gasteiger partial charge in [0.15, 0.2) is 0 Å². The van der Waals surface area contributed by atoms with Gasteiger partial charge in [0.2, 0.25) is 0 Å². The highest BCUT2D eigenvalue weighted by molar-refractivity contribution is 6.30. The highest BCUT2D eigenvalue weighted by Gasteiger charge is 2.26. The van der Waals surface area contributed by atoms with Crippen molar-refractivity contribution in [2.75, 3.05) is 27.2 Å². The van der Waals surface area contributed by atoms with E-state index in [2.05, 4.69) is 11.9 Å². The number of carbonyl (C=O) groups excluding carboxylic acids is 1. The topological polar surface area (TPSA) is 23.6 Å². The molecule has 6 heteroatoms. The molecular formula is C22H25Cl2FN2O. The molecule has 1 saturated heterocycles. The van der Waals surface area contributed by atoms with Crippen molar-refractivity contribution in [3.8, 4) is 0 Å². The molecule has 3 rings (SSSR count). The Morgan fingerprint density at radius 3 is 2.25 bits per heavy atom. The maximum atomic E-state index is 13.4. The molecule has 150 valence electrons. The zero-order valence-corrected chi connectivity index (χ0v) is 17.6. The molecule has 0 radical (unpaired) electrons. The molecule has 0 unspecified atom stereocenters. The largest absolute Gasteiger partial charge is 0.339 e. The van der Waals surface area contributed by atoms with Crippen molar-refractivity contribution in [1.29, 1.82) is 0 Å². The Morgan fingerprint density at radius 2 is 1.68 bits per heavy atom. The Labute approximate surface area is 177 Å². The Balaban J connectivity index is 0.00000280. The zero-order chi connectivity index (χ0) is 19.4. The first-order valence-electron chi connectivity index (χ1n) is 9.13. The number of hydrogen-bond donors (Lipinski definition) is 0. The van der Waals surface area contributed by atoms with Crippen molar-refractivity contribution >= 4 is 41.6 Å². The summed E-state index contributed by atoms with van der Waals surface area (Å²) in [6, 6.07) is 13.6. The predicted molar refractivity (Wildman–Crippen MR) is 116 cm³/mol. The molecule has 0 bridgehead atoms. The van der Waals surface area contributed by atoms with Gasteiger partial charge < -0.3 is 9.80 Å². The molecule has 28 heavy (non-hydrogen) atoms. The number of halogens is 3. The first-order chi connectivity index (χ1) is 12.9. The first-order valence-corrected chi connectivity index (χ1v) is 9.51. The third kappa shape index (κ3) is 5.57. The standard InChI is InChI=1S/C22H24ClFN2O.ClH/c1-25-13-11-20(12-14-25)26(2)22(27)21(17-5-9-19(24)10-6-17)15-16-3-7-18(23)8-4-16;/h3-10,15,20H,11-14H2,1-2H3;1H/b21-15+;. The Kier molecular flexibility index (Phi) is 8.05. The summed E-state index contributed by atoms with van der Waals surface area (Å²) >= 11 is 5.97. The molecule has 1 aliphatic rings. The molecule has 0 aliphatic carbocycles. The molecule has 0 aromatic heterocycles. The molecule has 2 aromatic carbocycles. The fraction of sp³-hybridized carbons (Fsp3) is 0.318. The molecule has 1 heterocycles. The van der Waals surface area contributed by atoms with Gasteiger partial charge in [0, 0.05) is 23.7 Å². The summed E-state index contributed by atoms with van der Waals surface area (Å²) in [5.41, 5.74) is 2.14. The lowest BCUT2D eigenvalue weighted by molar-refractivity contribution is -0.126. The van der Waals surface area contributed by atoms with Gasteiger partial charge in [-0.15, -0.1) is 12.4 Å². The van der Waals surface area contributed by atoms with Crippen LogP contribution in [0, 0.1) is 5.82 Å². The molecule has 2 aromatic rings. The molecule has 0 saturated carbocycles. The third-order valence-corrected chi connectivity index (χ3v) is 5.37. The predicted octanol–water partition coefficient (Wildman–Crippen LogP) is 4.99. The van der Waals surface area contributed by atoms with Gasteiger partial charge >= 0.3 is 0 Å². The molecule has 0 N–H and O–H groups in total. The zero-order valence-electron chi connectivity index (χ0n) is 16.1. The van der Waals surface area contributed by atoms with Gasteiger partial charge in [-0.05, 0) is 74.4 Å². The first kappa shape index (κ1) is 22.4. The summed E-state index contributed by atoms with van der Waals surface area (Å²) in [7, 11) is 3.96. The number of likely N-dealkylation sites (N-methyl/N-ethyl adjacent to an activating group) is 1. The van der Waals surface area contributed by atoms with Gasteiger partial charge in [-0.1, -0.05) is 35.9 Å². The summed E-state index contributed by atoms with van der Waals surface area (Å²) < 4.78 is 13.4. The summed E-state index contributed by atoms with van der Waals surface area (Å²) in [6.45, 7) is 1.96. The van der Waals surface area contributed by atoms with Gasteiger partial charge in [-0.2, -0.15) is 0 Å². The van der Waals surface area contributed by atoms with Crippen LogP contribution in [0.25, 0.3) is 11.6 Å². The van der Waals surface area contributed by atoms with Crippen molar-refractivity contribution in [2.45, 2.75) is 18.9 Å². The third-order valence-electron chi connectivity index (χ3n) is 5.12. The van der Waals surface area contributed by atoms with E-state index >= 15 is 0 Å². The van der Waals surface area contributed by atoms with Crippen molar-refractivity contribution in [1.82, 2.24) is 9.80 Å². The second kappa shape index (κ2) is 10.1. The molecule has 3 nitrogen and oxygen atoms in total. The van der Waals surface area contributed by atoms with E-state index < -0.39 is 0 Å². The van der Waals surface area contributed by atoms with E-state index in [1.807, 2.05) is 30.2 Å². The van der Waals surface area contributed by atoms with Crippen LogP contribution in [0.3, 0.4) is 0 Å². The van der Waals surface area contributed by atoms with Gasteiger partial charge in [-0.3, -0.25) is 4.79 Å². The number of rotatable bonds is 4. The summed E-state index contributed by atoms with van der Waals surface area (Å²) in [5, 5.41) is 0.644. The number of carbonyl (C=O) groups is 1. The van der Waals surface area contributed by atoms with Crippen LogP contribution in [0.1, 0.15) is 24.0 Å². The molecule has 1 amide bonds. The highest BCUT2D eigenvalue weighted by Crippen LogP contribution is 2.25. The summed E-state index contributed by atoms with van der Waals surface area (Å²) in [5.74, 6) is -0.369. The summed E-state index contributed by atoms with van der Waals surface area (Å²) in [6.07, 6.45) is 3.75. The minimum atomic E-state index is -0.319. The second-order valence-electron chi connectivity index (χ2n) is 7.07. The molecule has 1 fully saturated rings. The van der Waals surface area contributed by atoms with Gasteiger partial charge in [-0.25, -0.2) is 4.39 Å². The molecule has 0 spiro atoms. The van der Waals surface area contributed by atoms with E-state index in [4.69, 9.17) is 11.6 Å². The van der Waals surface area contributed by atoms with Crippen molar-refractivity contribution in [3.63, 3.8) is 0 Å². The van der Waals surface area contributed by atoms with Crippen molar-refractivity contribution in [2.24, 2.45) is 0 Å². The molecule has 0 atom stereocenters. The molecular weight excluding hydrogens is 398 g/mol. The van der Waals surface area contributed by atoms with Gasteiger partial charge in [0.05, 0.1) is 0 Å². The fourth-order valence-electron chi connectivity index (χ4n) is 3.36. The number of amides is 1. The minimum absolute atomic E-state index is 0. The van der Waals surface area contributed by atoms with Crippen molar-refractivity contribution < 1.29 is 9.18 Å². The Morgan fingerprint density at radius 1 is 1.11 bits per heavy atom. The van der Waals surface area contributed by atoms with Crippen LogP contribution in [0.5, 0.6) is 0 Å². The van der Waals surface area contributed by atoms with Gasteiger partial charge in [0.25, 0.3) is 5.91 Å². The average molecular weight is 423 g/mol. The maximum Gasteiger partial charge on any atom is 0.254 e. The monoisotopic (exact) mass is 422 g/mol. The number of benzene rings is 2. The van der Waals surface area contributed by atoms with Crippen LogP contribution in [0.4, 0.5) is 4.39 Å². The maximum absolute atomic E-state index is 13.4. The average Bonchev–Trinajstić information content (AvgIpc) is 2.68. The van der Waals surface area contributed by atoms with Gasteiger partial charge in [0.1, 0.15) is 5.82 Å². The van der Waals surface area contributed by atoms with Crippen LogP contribution in [-0.4, -0.2) is 48.9 Å². The van der Waals surface area contributed by atoms with Crippen molar-refractivity contribution in [3.05, 3.63) is 70.5 Å². The van der Waals surface area contributed by atoms with E-state index in [9.17, 15) is 9.18 Å². The van der Waals surface area contributed by atoms with Crippen LogP contribution in [0.15, 0.2) is 48.5 Å². The van der Waals surface area contributed by atoms with Crippen LogP contribution in [-0.2, 0) is 4.79 Å². The smallest absolute Gasteiger partial charge is 0.254 e. The van der Waals surface area contributed by atoms with E-state index in [0.29, 0.717) is 16.2 Å². The lowest BCUT2D eigenvalue weighted by Crippen LogP contribution is -2.44. The van der Waals surface area contributed by atoms with Crippen LogP contribution in [0.2, 0.25) is 5.02 Å². The normalized spacial score (nSPS) is 15.8. The minimum Gasteiger partial charge on any atom is -0.339 e. The summed E-state index contributed by atoms with van der Waals surface area (Å²) in [4.78, 5) is 17.4. The number of hydrogen-bond acceptors (Lipinski definition) is 2. The highest BCUT2D eigenvalue weighted by atomic mass is 35.5. The van der Waals surface area contributed by atoms with E-state index in [-0.39, 0.29) is 30.2 Å². The Hall–Kier alpha value is -1.88. The number of likely N-dealkylation sites (tertiary alicyclic amines) is 1. The number of nitrogens with zero attached hydrogens (tertiary/aromatic N) is 2. The van der Waals surface area contributed by atoms with Crippen LogP contribution >= 0.6 is 24.0 Å². The lowest BCUT2D eigenvalue weighted by Gasteiger charge is -2.35. The fourth-order valence-corrected chi connectivity index (χ4v) is 3.49. The number of piperidine rings is 1. The lowest BCUT2D eigenvalue weighted by atomic mass is 9.98. The van der Waals surface area contributed by atoms with E-state index in [1.165, 1.54) is 12.1 Å².